The van der Waals surface area contributed by atoms with Gasteiger partial charge in [-0.25, -0.2) is 4.98 Å². The van der Waals surface area contributed by atoms with Crippen LogP contribution in [0.15, 0.2) is 18.3 Å². The van der Waals surface area contributed by atoms with Crippen LogP contribution in [0.5, 0.6) is 0 Å². The molecule has 1 saturated heterocycles. The van der Waals surface area contributed by atoms with Crippen LogP contribution in [0.25, 0.3) is 0 Å². The number of nitrogens with one attached hydrogen (secondary N) is 1. The van der Waals surface area contributed by atoms with Crippen molar-refractivity contribution in [1.82, 2.24) is 15.2 Å². The smallest absolute Gasteiger partial charge is 0.270 e. The fraction of sp³-hybridized carbons (Fsp3) is 0.417. The molecule has 18 heavy (non-hydrogen) atoms. The van der Waals surface area contributed by atoms with Gasteiger partial charge in [0.1, 0.15) is 5.69 Å². The first kappa shape index (κ1) is 12.3. The summed E-state index contributed by atoms with van der Waals surface area (Å²) in [5.41, 5.74) is 6.24. The number of anilines is 1. The highest BCUT2D eigenvalue weighted by Gasteiger charge is 2.18. The van der Waals surface area contributed by atoms with Crippen LogP contribution in [0.3, 0.4) is 0 Å². The second-order valence-corrected chi connectivity index (χ2v) is 4.25. The van der Waals surface area contributed by atoms with Crippen molar-refractivity contribution in [3.8, 4) is 0 Å². The quantitative estimate of drug-likeness (QED) is 0.789. The average molecular weight is 248 g/mol. The molecule has 0 aromatic carbocycles. The number of nitrogens with two attached hydrogens (primary N) is 1. The van der Waals surface area contributed by atoms with Crippen molar-refractivity contribution in [3.63, 3.8) is 0 Å². The summed E-state index contributed by atoms with van der Waals surface area (Å²) in [7, 11) is 0. The number of rotatable bonds is 3. The van der Waals surface area contributed by atoms with E-state index in [1.807, 2.05) is 0 Å². The van der Waals surface area contributed by atoms with Gasteiger partial charge in [0.2, 0.25) is 5.91 Å². The van der Waals surface area contributed by atoms with Crippen molar-refractivity contribution in [2.75, 3.05) is 25.4 Å². The highest BCUT2D eigenvalue weighted by atomic mass is 16.2. The Morgan fingerprint density at radius 2 is 2.06 bits per heavy atom. The molecule has 0 saturated carbocycles. The minimum Gasteiger partial charge on any atom is -0.397 e. The van der Waals surface area contributed by atoms with Gasteiger partial charge < -0.3 is 16.0 Å². The fourth-order valence-corrected chi connectivity index (χ4v) is 1.86. The van der Waals surface area contributed by atoms with E-state index in [4.69, 9.17) is 5.73 Å². The van der Waals surface area contributed by atoms with Crippen LogP contribution < -0.4 is 11.1 Å². The molecule has 0 aliphatic carbocycles. The minimum absolute atomic E-state index is 0.0187. The first-order valence-corrected chi connectivity index (χ1v) is 5.94. The van der Waals surface area contributed by atoms with Crippen LogP contribution in [0.4, 0.5) is 5.69 Å². The minimum atomic E-state index is -0.359. The maximum Gasteiger partial charge on any atom is 0.270 e. The maximum atomic E-state index is 11.7. The lowest BCUT2D eigenvalue weighted by Crippen LogP contribution is -2.38. The molecule has 6 nitrogen and oxygen atoms in total. The zero-order valence-corrected chi connectivity index (χ0v) is 10.1. The molecule has 1 fully saturated rings. The summed E-state index contributed by atoms with van der Waals surface area (Å²) in [6.45, 7) is 1.59. The van der Waals surface area contributed by atoms with Crippen LogP contribution in [0.2, 0.25) is 0 Å². The van der Waals surface area contributed by atoms with E-state index in [1.54, 1.807) is 11.0 Å². The monoisotopic (exact) mass is 248 g/mol. The van der Waals surface area contributed by atoms with Crippen molar-refractivity contribution in [2.45, 2.75) is 12.8 Å². The molecule has 1 aromatic rings. The van der Waals surface area contributed by atoms with E-state index < -0.39 is 0 Å². The Labute approximate surface area is 105 Å². The van der Waals surface area contributed by atoms with Gasteiger partial charge in [-0.2, -0.15) is 0 Å². The SMILES string of the molecule is Nc1ccc(C(=O)NCC(=O)N2CCCC2)nc1. The Hall–Kier alpha value is -2.11. The van der Waals surface area contributed by atoms with Crippen LogP contribution in [0.1, 0.15) is 23.3 Å². The van der Waals surface area contributed by atoms with Crippen molar-refractivity contribution in [2.24, 2.45) is 0 Å². The van der Waals surface area contributed by atoms with E-state index in [1.165, 1.54) is 12.3 Å². The van der Waals surface area contributed by atoms with Crippen molar-refractivity contribution < 1.29 is 9.59 Å². The molecule has 0 bridgehead atoms. The van der Waals surface area contributed by atoms with E-state index in [2.05, 4.69) is 10.3 Å². The molecule has 2 heterocycles. The van der Waals surface area contributed by atoms with Gasteiger partial charge in [0.25, 0.3) is 5.91 Å². The summed E-state index contributed by atoms with van der Waals surface area (Å²) in [6, 6.07) is 3.13. The van der Waals surface area contributed by atoms with E-state index >= 15 is 0 Å². The molecule has 0 spiro atoms. The van der Waals surface area contributed by atoms with Crippen LogP contribution in [0, 0.1) is 0 Å². The number of hydrogen-bond acceptors (Lipinski definition) is 4. The number of nitrogens with zero attached hydrogens (tertiary/aromatic N) is 2. The molecule has 2 amide bonds. The Morgan fingerprint density at radius 1 is 1.33 bits per heavy atom. The molecule has 6 heteroatoms. The predicted molar refractivity (Wildman–Crippen MR) is 66.8 cm³/mol. The van der Waals surface area contributed by atoms with Crippen molar-refractivity contribution >= 4 is 17.5 Å². The van der Waals surface area contributed by atoms with Crippen LogP contribution >= 0.6 is 0 Å². The lowest BCUT2D eigenvalue weighted by Gasteiger charge is -2.15. The third kappa shape index (κ3) is 2.97. The van der Waals surface area contributed by atoms with Gasteiger partial charge in [-0.1, -0.05) is 0 Å². The van der Waals surface area contributed by atoms with E-state index in [9.17, 15) is 9.59 Å². The second-order valence-electron chi connectivity index (χ2n) is 4.25. The molecule has 2 rings (SSSR count). The molecule has 3 N–H and O–H groups in total. The molecule has 96 valence electrons. The zero-order chi connectivity index (χ0) is 13.0. The summed E-state index contributed by atoms with van der Waals surface area (Å²) in [5.74, 6) is -0.404. The third-order valence-corrected chi connectivity index (χ3v) is 2.88. The first-order chi connectivity index (χ1) is 8.66. The number of aromatic nitrogens is 1. The highest BCUT2D eigenvalue weighted by Crippen LogP contribution is 2.07. The molecule has 1 aliphatic rings. The normalized spacial score (nSPS) is 14.6. The van der Waals surface area contributed by atoms with Crippen molar-refractivity contribution in [1.29, 1.82) is 0 Å². The summed E-state index contributed by atoms with van der Waals surface area (Å²) in [6.07, 6.45) is 3.50. The number of likely N-dealkylation sites (tertiary alicyclic amines) is 1. The summed E-state index contributed by atoms with van der Waals surface area (Å²) in [5, 5.41) is 2.56. The number of pyridine rings is 1. The number of hydrogen-bond donors (Lipinski definition) is 2. The fourth-order valence-electron chi connectivity index (χ4n) is 1.86. The summed E-state index contributed by atoms with van der Waals surface area (Å²) in [4.78, 5) is 29.0. The van der Waals surface area contributed by atoms with Crippen molar-refractivity contribution in [3.05, 3.63) is 24.0 Å². The predicted octanol–water partition coefficient (Wildman–Crippen LogP) is 0.0160. The molecule has 0 radical (unpaired) electrons. The van der Waals surface area contributed by atoms with Gasteiger partial charge in [-0.15, -0.1) is 0 Å². The van der Waals surface area contributed by atoms with Gasteiger partial charge >= 0.3 is 0 Å². The molecule has 0 atom stereocenters. The summed E-state index contributed by atoms with van der Waals surface area (Å²) < 4.78 is 0. The van der Waals surface area contributed by atoms with Gasteiger partial charge in [0.05, 0.1) is 18.4 Å². The van der Waals surface area contributed by atoms with Gasteiger partial charge in [-0.3, -0.25) is 9.59 Å². The topological polar surface area (TPSA) is 88.3 Å². The summed E-state index contributed by atoms with van der Waals surface area (Å²) >= 11 is 0. The van der Waals surface area contributed by atoms with Crippen LogP contribution in [-0.2, 0) is 4.79 Å². The van der Waals surface area contributed by atoms with E-state index in [-0.39, 0.29) is 24.1 Å². The Bertz CT molecular complexity index is 438. The maximum absolute atomic E-state index is 11.7. The highest BCUT2D eigenvalue weighted by molar-refractivity contribution is 5.95. The van der Waals surface area contributed by atoms with E-state index in [0.717, 1.165) is 25.9 Å². The van der Waals surface area contributed by atoms with Gasteiger partial charge in [-0.05, 0) is 25.0 Å². The Morgan fingerprint density at radius 3 is 2.67 bits per heavy atom. The largest absolute Gasteiger partial charge is 0.397 e. The molecule has 1 aliphatic heterocycles. The van der Waals surface area contributed by atoms with Crippen LogP contribution in [-0.4, -0.2) is 41.3 Å². The zero-order valence-electron chi connectivity index (χ0n) is 10.1. The Kier molecular flexibility index (Phi) is 3.76. The number of amides is 2. The number of nitrogen functional groups attached to an aromatic ring is 1. The second kappa shape index (κ2) is 5.48. The average Bonchev–Trinajstić information content (AvgIpc) is 2.90. The molecule has 0 unspecified atom stereocenters. The van der Waals surface area contributed by atoms with Gasteiger partial charge in [0, 0.05) is 13.1 Å². The lowest BCUT2D eigenvalue weighted by molar-refractivity contribution is -0.129. The Balaban J connectivity index is 1.84. The molecule has 1 aromatic heterocycles. The third-order valence-electron chi connectivity index (χ3n) is 2.88. The molecular weight excluding hydrogens is 232 g/mol. The van der Waals surface area contributed by atoms with E-state index in [0.29, 0.717) is 5.69 Å². The molecular formula is C12H16N4O2. The van der Waals surface area contributed by atoms with Gasteiger partial charge in [0.15, 0.2) is 0 Å². The number of carbonyl (C=O) groups is 2. The number of carbonyl (C=O) groups excluding carboxylic acids is 2. The first-order valence-electron chi connectivity index (χ1n) is 5.94. The lowest BCUT2D eigenvalue weighted by atomic mass is 10.3. The standard InChI is InChI=1S/C12H16N4O2/c13-9-3-4-10(14-7-9)12(18)15-8-11(17)16-5-1-2-6-16/h3-4,7H,1-2,5-6,8,13H2,(H,15,18).